The minimum atomic E-state index is -2.84. The van der Waals surface area contributed by atoms with E-state index < -0.39 is 41.2 Å². The number of carbonyl (C=O) groups is 1. The first kappa shape index (κ1) is 17.3. The Morgan fingerprint density at radius 1 is 1.12 bits per heavy atom. The summed E-state index contributed by atoms with van der Waals surface area (Å²) < 4.78 is 15.4. The van der Waals surface area contributed by atoms with Crippen molar-refractivity contribution < 1.29 is 39.4 Å². The molecule has 0 spiro atoms. The zero-order chi connectivity index (χ0) is 18.4. The Labute approximate surface area is 143 Å². The van der Waals surface area contributed by atoms with Gasteiger partial charge in [-0.25, -0.2) is 0 Å². The zero-order valence-electron chi connectivity index (χ0n) is 13.6. The summed E-state index contributed by atoms with van der Waals surface area (Å²) in [5.41, 5.74) is 0.298. The second-order valence-corrected chi connectivity index (χ2v) is 5.83. The molecule has 1 fully saturated rings. The average Bonchev–Trinajstić information content (AvgIpc) is 2.55. The molecule has 4 N–H and O–H groups in total. The molecule has 1 aliphatic carbocycles. The molecule has 0 bridgehead atoms. The second-order valence-electron chi connectivity index (χ2n) is 5.83. The van der Waals surface area contributed by atoms with Crippen LogP contribution in [0.1, 0.15) is 12.0 Å². The van der Waals surface area contributed by atoms with Crippen LogP contribution >= 0.6 is 0 Å². The third-order valence-corrected chi connectivity index (χ3v) is 4.30. The number of methoxy groups -OCH3 is 2. The lowest BCUT2D eigenvalue weighted by Crippen LogP contribution is -2.54. The van der Waals surface area contributed by atoms with Crippen LogP contribution in [0.15, 0.2) is 53.4 Å². The van der Waals surface area contributed by atoms with Crippen LogP contribution in [0.4, 0.5) is 0 Å². The maximum atomic E-state index is 12.7. The highest BCUT2D eigenvalue weighted by molar-refractivity contribution is 5.87. The molecule has 1 aromatic rings. The molecule has 1 heterocycles. The van der Waals surface area contributed by atoms with Crippen LogP contribution in [-0.2, 0) is 24.8 Å². The van der Waals surface area contributed by atoms with Gasteiger partial charge in [0.05, 0.1) is 20.6 Å². The van der Waals surface area contributed by atoms with Gasteiger partial charge < -0.3 is 34.6 Å². The Kier molecular flexibility index (Phi) is 3.98. The first-order valence-corrected chi connectivity index (χ1v) is 7.47. The lowest BCUT2D eigenvalue weighted by atomic mass is 9.79. The van der Waals surface area contributed by atoms with E-state index in [0.29, 0.717) is 5.56 Å². The van der Waals surface area contributed by atoms with Gasteiger partial charge >= 0.3 is 0 Å². The molecule has 2 aliphatic rings. The van der Waals surface area contributed by atoms with Crippen LogP contribution in [-0.4, -0.2) is 46.2 Å². The quantitative estimate of drug-likeness (QED) is 0.578. The summed E-state index contributed by atoms with van der Waals surface area (Å²) >= 11 is 0. The minimum Gasteiger partial charge on any atom is -0.502 e. The number of ketones is 1. The van der Waals surface area contributed by atoms with E-state index in [4.69, 9.17) is 14.2 Å². The van der Waals surface area contributed by atoms with E-state index in [1.54, 1.807) is 30.3 Å². The summed E-state index contributed by atoms with van der Waals surface area (Å²) in [5, 5.41) is 41.8. The fraction of sp³-hybridized carbons (Fsp3) is 0.353. The minimum absolute atomic E-state index is 0.298. The molecule has 2 atom stereocenters. The first-order chi connectivity index (χ1) is 11.8. The summed E-state index contributed by atoms with van der Waals surface area (Å²) in [7, 11) is 2.31. The maximum Gasteiger partial charge on any atom is 0.244 e. The normalized spacial score (nSPS) is 28.4. The highest BCUT2D eigenvalue weighted by Gasteiger charge is 2.60. The number of hydrogen-bond donors (Lipinski definition) is 4. The number of aliphatic hydroxyl groups is 4. The number of aliphatic hydroxyl groups excluding tert-OH is 1. The Morgan fingerprint density at radius 2 is 1.76 bits per heavy atom. The van der Waals surface area contributed by atoms with Crippen LogP contribution in [0, 0.1) is 5.92 Å². The molecule has 8 heteroatoms. The Bertz CT molecular complexity index is 764. The second kappa shape index (κ2) is 5.76. The maximum absolute atomic E-state index is 12.7. The summed E-state index contributed by atoms with van der Waals surface area (Å²) in [5.74, 6) is -9.27. The van der Waals surface area contributed by atoms with Gasteiger partial charge in [-0.15, -0.1) is 0 Å². The number of carbonyl (C=O) groups excluding carboxylic acids is 1. The van der Waals surface area contributed by atoms with Crippen LogP contribution < -0.4 is 0 Å². The number of fused-ring (bicyclic) bond motifs is 1. The molecule has 8 nitrogen and oxygen atoms in total. The summed E-state index contributed by atoms with van der Waals surface area (Å²) in [6.07, 6.45) is -0.525. The van der Waals surface area contributed by atoms with E-state index in [2.05, 4.69) is 0 Å². The molecule has 3 rings (SSSR count). The molecule has 1 saturated heterocycles. The van der Waals surface area contributed by atoms with Gasteiger partial charge in [-0.3, -0.25) is 4.79 Å². The van der Waals surface area contributed by atoms with Gasteiger partial charge in [0.15, 0.2) is 11.5 Å². The fourth-order valence-corrected chi connectivity index (χ4v) is 3.17. The van der Waals surface area contributed by atoms with E-state index in [1.807, 2.05) is 0 Å². The van der Waals surface area contributed by atoms with Crippen molar-refractivity contribution in [2.24, 2.45) is 5.92 Å². The van der Waals surface area contributed by atoms with Crippen molar-refractivity contribution in [2.45, 2.75) is 18.0 Å². The van der Waals surface area contributed by atoms with E-state index in [-0.39, 0.29) is 11.5 Å². The number of ether oxygens (including phenoxy) is 3. The van der Waals surface area contributed by atoms with E-state index in [0.717, 1.165) is 7.11 Å². The zero-order valence-corrected chi connectivity index (χ0v) is 13.6. The summed E-state index contributed by atoms with van der Waals surface area (Å²) in [6.45, 7) is 0. The standard InChI is InChI=1S/C17H18O8/c1-23-14-12(19)15(24-2)17(21,22)11-10(18)8-16(20,25-13(11)14)9-6-4-3-5-7-9/h3-7,11,19-22H,8H2,1-2H3. The van der Waals surface area contributed by atoms with Gasteiger partial charge in [0.2, 0.25) is 28.9 Å². The largest absolute Gasteiger partial charge is 0.502 e. The third-order valence-electron chi connectivity index (χ3n) is 4.30. The van der Waals surface area contributed by atoms with Crippen molar-refractivity contribution in [1.82, 2.24) is 0 Å². The predicted molar refractivity (Wildman–Crippen MR) is 82.4 cm³/mol. The molecule has 134 valence electrons. The van der Waals surface area contributed by atoms with Crippen LogP contribution in [0.2, 0.25) is 0 Å². The number of rotatable bonds is 3. The molecular weight excluding hydrogens is 332 g/mol. The van der Waals surface area contributed by atoms with Crippen LogP contribution in [0.3, 0.4) is 0 Å². The molecule has 2 unspecified atom stereocenters. The van der Waals surface area contributed by atoms with E-state index >= 15 is 0 Å². The molecular formula is C17H18O8. The van der Waals surface area contributed by atoms with E-state index in [9.17, 15) is 25.2 Å². The molecule has 0 saturated carbocycles. The van der Waals surface area contributed by atoms with Gasteiger partial charge in [-0.05, 0) is 0 Å². The fourth-order valence-electron chi connectivity index (χ4n) is 3.17. The van der Waals surface area contributed by atoms with Crippen molar-refractivity contribution in [3.63, 3.8) is 0 Å². The van der Waals surface area contributed by atoms with Gasteiger partial charge in [0.1, 0.15) is 5.92 Å². The SMILES string of the molecule is COC1=C2OC(O)(c3ccccc3)CC(=O)C2C(O)(O)C(OC)=C1O. The van der Waals surface area contributed by atoms with E-state index in [1.165, 1.54) is 7.11 Å². The molecule has 1 aromatic carbocycles. The monoisotopic (exact) mass is 350 g/mol. The van der Waals surface area contributed by atoms with Crippen LogP contribution in [0.25, 0.3) is 0 Å². The van der Waals surface area contributed by atoms with Crippen molar-refractivity contribution in [3.8, 4) is 0 Å². The van der Waals surface area contributed by atoms with Crippen molar-refractivity contribution in [3.05, 3.63) is 58.9 Å². The van der Waals surface area contributed by atoms with Gasteiger partial charge in [0.25, 0.3) is 0 Å². The Morgan fingerprint density at radius 3 is 2.32 bits per heavy atom. The summed E-state index contributed by atoms with van der Waals surface area (Å²) in [4.78, 5) is 12.7. The highest BCUT2D eigenvalue weighted by Crippen LogP contribution is 2.48. The van der Waals surface area contributed by atoms with Crippen molar-refractivity contribution in [2.75, 3.05) is 14.2 Å². The Hall–Kier alpha value is -2.55. The smallest absolute Gasteiger partial charge is 0.244 e. The number of Topliss-reactive ketones (excluding diaryl/α,β-unsaturated/α-hetero) is 1. The molecule has 1 aliphatic heterocycles. The van der Waals surface area contributed by atoms with Gasteiger partial charge in [-0.2, -0.15) is 0 Å². The third kappa shape index (κ3) is 2.46. The predicted octanol–water partition coefficient (Wildman–Crippen LogP) is 0.406. The van der Waals surface area contributed by atoms with Gasteiger partial charge in [-0.1, -0.05) is 30.3 Å². The average molecular weight is 350 g/mol. The van der Waals surface area contributed by atoms with Crippen molar-refractivity contribution >= 4 is 5.78 Å². The highest BCUT2D eigenvalue weighted by atomic mass is 16.6. The summed E-state index contributed by atoms with van der Waals surface area (Å²) in [6, 6.07) is 8.16. The topological polar surface area (TPSA) is 126 Å². The number of hydrogen-bond acceptors (Lipinski definition) is 8. The Balaban J connectivity index is 2.18. The lowest BCUT2D eigenvalue weighted by molar-refractivity contribution is -0.253. The molecule has 0 amide bonds. The molecule has 0 radical (unpaired) electrons. The molecule has 0 aromatic heterocycles. The van der Waals surface area contributed by atoms with Gasteiger partial charge in [0, 0.05) is 5.56 Å². The lowest BCUT2D eigenvalue weighted by Gasteiger charge is -2.44. The first-order valence-electron chi connectivity index (χ1n) is 7.47. The molecule has 25 heavy (non-hydrogen) atoms. The van der Waals surface area contributed by atoms with Crippen LogP contribution in [0.5, 0.6) is 0 Å². The van der Waals surface area contributed by atoms with Crippen molar-refractivity contribution in [1.29, 1.82) is 0 Å². The number of benzene rings is 1.